The van der Waals surface area contributed by atoms with E-state index in [1.54, 1.807) is 0 Å². The molecule has 0 aliphatic heterocycles. The molecule has 3 nitrogen and oxygen atoms in total. The van der Waals surface area contributed by atoms with Crippen molar-refractivity contribution in [3.63, 3.8) is 0 Å². The highest BCUT2D eigenvalue weighted by molar-refractivity contribution is 6.11. The fourth-order valence-electron chi connectivity index (χ4n) is 10.1. The standard InChI is InChI=1S/C64H42N2O/c1-3-20-53(21-4-1)65(56-32-29-43-15-7-8-16-46(43)39-56)55-24-14-19-47(40-55)44-17-13-18-45(35-44)50-36-51(38-52(37-50)49-31-34-64-60(42-49)58-26-10-12-28-63(58)67-64)48-30-33-62-59(41-48)57-25-9-11-27-61(57)66(62)54-22-5-2-6-23-54/h1-42H. The molecule has 0 saturated heterocycles. The third-order valence-corrected chi connectivity index (χ3v) is 13.3. The SMILES string of the molecule is c1ccc(N(c2cccc(-c3cccc(-c4cc(-c5ccc6oc7ccccc7c6c5)cc(-c5ccc6c(c5)c5ccccc5n6-c5ccccc5)c4)c3)c2)c2ccc3ccccc3c2)cc1. The van der Waals surface area contributed by atoms with E-state index >= 15 is 0 Å². The monoisotopic (exact) mass is 854 g/mol. The Balaban J connectivity index is 0.954. The first-order valence-electron chi connectivity index (χ1n) is 22.9. The lowest BCUT2D eigenvalue weighted by molar-refractivity contribution is 0.669. The fraction of sp³-hybridized carbons (Fsp3) is 0. The molecule has 0 fully saturated rings. The highest BCUT2D eigenvalue weighted by Gasteiger charge is 2.17. The maximum Gasteiger partial charge on any atom is 0.135 e. The molecule has 13 aromatic rings. The Kier molecular flexibility index (Phi) is 9.17. The predicted octanol–water partition coefficient (Wildman–Crippen LogP) is 18.0. The van der Waals surface area contributed by atoms with Crippen LogP contribution in [0.4, 0.5) is 17.1 Å². The molecule has 2 heterocycles. The van der Waals surface area contributed by atoms with E-state index < -0.39 is 0 Å². The molecule has 67 heavy (non-hydrogen) atoms. The molecule has 3 heteroatoms. The van der Waals surface area contributed by atoms with Gasteiger partial charge >= 0.3 is 0 Å². The quantitative estimate of drug-likeness (QED) is 0.152. The lowest BCUT2D eigenvalue weighted by Gasteiger charge is -2.26. The molecule has 314 valence electrons. The van der Waals surface area contributed by atoms with Crippen molar-refractivity contribution in [3.8, 4) is 50.2 Å². The molecule has 13 rings (SSSR count). The second-order valence-electron chi connectivity index (χ2n) is 17.4. The van der Waals surface area contributed by atoms with E-state index in [1.807, 2.05) is 12.1 Å². The number of hydrogen-bond donors (Lipinski definition) is 0. The lowest BCUT2D eigenvalue weighted by Crippen LogP contribution is -2.09. The van der Waals surface area contributed by atoms with Crippen molar-refractivity contribution in [3.05, 3.63) is 255 Å². The van der Waals surface area contributed by atoms with Gasteiger partial charge in [-0.25, -0.2) is 0 Å². The van der Waals surface area contributed by atoms with Gasteiger partial charge in [-0.15, -0.1) is 0 Å². The highest BCUT2D eigenvalue weighted by atomic mass is 16.3. The van der Waals surface area contributed by atoms with Crippen molar-refractivity contribution in [2.24, 2.45) is 0 Å². The summed E-state index contributed by atoms with van der Waals surface area (Å²) in [7, 11) is 0. The van der Waals surface area contributed by atoms with Gasteiger partial charge in [-0.3, -0.25) is 0 Å². The lowest BCUT2D eigenvalue weighted by atomic mass is 9.91. The van der Waals surface area contributed by atoms with Crippen LogP contribution in [0.3, 0.4) is 0 Å². The molecule has 0 spiro atoms. The van der Waals surface area contributed by atoms with Crippen LogP contribution in [-0.2, 0) is 0 Å². The Morgan fingerprint density at radius 3 is 1.58 bits per heavy atom. The van der Waals surface area contributed by atoms with E-state index in [-0.39, 0.29) is 0 Å². The van der Waals surface area contributed by atoms with Gasteiger partial charge in [0.05, 0.1) is 11.0 Å². The molecule has 2 aromatic heterocycles. The largest absolute Gasteiger partial charge is 0.456 e. The summed E-state index contributed by atoms with van der Waals surface area (Å²) in [5.74, 6) is 0. The van der Waals surface area contributed by atoms with Crippen LogP contribution >= 0.6 is 0 Å². The fourth-order valence-corrected chi connectivity index (χ4v) is 10.1. The van der Waals surface area contributed by atoms with Crippen LogP contribution in [0.5, 0.6) is 0 Å². The minimum atomic E-state index is 0.892. The van der Waals surface area contributed by atoms with E-state index in [1.165, 1.54) is 38.1 Å². The Morgan fingerprint density at radius 1 is 0.269 bits per heavy atom. The number of aromatic nitrogens is 1. The average Bonchev–Trinajstić information content (AvgIpc) is 3.94. The molecule has 0 atom stereocenters. The molecule has 0 aliphatic rings. The van der Waals surface area contributed by atoms with Gasteiger partial charge in [0, 0.05) is 44.3 Å². The van der Waals surface area contributed by atoms with Gasteiger partial charge in [0.25, 0.3) is 0 Å². The Bertz CT molecular complexity index is 3990. The van der Waals surface area contributed by atoms with Crippen LogP contribution < -0.4 is 4.90 Å². The van der Waals surface area contributed by atoms with Gasteiger partial charge in [0.1, 0.15) is 11.2 Å². The summed E-state index contributed by atoms with van der Waals surface area (Å²) in [5.41, 5.74) is 17.9. The number of nitrogens with zero attached hydrogens (tertiary/aromatic N) is 2. The molecule has 11 aromatic carbocycles. The third-order valence-electron chi connectivity index (χ3n) is 13.3. The van der Waals surface area contributed by atoms with Gasteiger partial charge in [-0.1, -0.05) is 146 Å². The van der Waals surface area contributed by atoms with Crippen molar-refractivity contribution in [1.82, 2.24) is 4.57 Å². The molecule has 0 N–H and O–H groups in total. The van der Waals surface area contributed by atoms with Crippen LogP contribution in [0.15, 0.2) is 259 Å². The maximum atomic E-state index is 6.28. The number of rotatable bonds is 8. The van der Waals surface area contributed by atoms with E-state index in [0.29, 0.717) is 0 Å². The number of furan rings is 1. The minimum absolute atomic E-state index is 0.892. The van der Waals surface area contributed by atoms with Gasteiger partial charge < -0.3 is 13.9 Å². The zero-order chi connectivity index (χ0) is 44.3. The summed E-state index contributed by atoms with van der Waals surface area (Å²) in [6.07, 6.45) is 0. The van der Waals surface area contributed by atoms with Crippen LogP contribution in [0.1, 0.15) is 0 Å². The number of anilines is 3. The number of hydrogen-bond acceptors (Lipinski definition) is 2. The summed E-state index contributed by atoms with van der Waals surface area (Å²) < 4.78 is 8.66. The van der Waals surface area contributed by atoms with Crippen molar-refractivity contribution in [2.75, 3.05) is 4.90 Å². The van der Waals surface area contributed by atoms with E-state index in [4.69, 9.17) is 4.42 Å². The Labute approximate surface area is 388 Å². The molecule has 0 bridgehead atoms. The highest BCUT2D eigenvalue weighted by Crippen LogP contribution is 2.42. The molecule has 0 radical (unpaired) electrons. The summed E-state index contributed by atoms with van der Waals surface area (Å²) in [6.45, 7) is 0. The summed E-state index contributed by atoms with van der Waals surface area (Å²) in [4.78, 5) is 2.35. The topological polar surface area (TPSA) is 21.3 Å². The number of benzene rings is 11. The summed E-state index contributed by atoms with van der Waals surface area (Å²) >= 11 is 0. The van der Waals surface area contributed by atoms with Crippen LogP contribution in [0.25, 0.3) is 105 Å². The number of fused-ring (bicyclic) bond motifs is 7. The Hall–Kier alpha value is -8.92. The summed E-state index contributed by atoms with van der Waals surface area (Å²) in [6, 6.07) is 92.2. The van der Waals surface area contributed by atoms with Gasteiger partial charge in [0.15, 0.2) is 0 Å². The van der Waals surface area contributed by atoms with Crippen LogP contribution in [-0.4, -0.2) is 4.57 Å². The molecule has 0 saturated carbocycles. The van der Waals surface area contributed by atoms with E-state index in [0.717, 1.165) is 83.6 Å². The molecular formula is C64H42N2O. The van der Waals surface area contributed by atoms with Crippen molar-refractivity contribution in [2.45, 2.75) is 0 Å². The normalized spacial score (nSPS) is 11.6. The smallest absolute Gasteiger partial charge is 0.135 e. The van der Waals surface area contributed by atoms with Gasteiger partial charge in [-0.2, -0.15) is 0 Å². The Morgan fingerprint density at radius 2 is 0.791 bits per heavy atom. The van der Waals surface area contributed by atoms with E-state index in [2.05, 4.69) is 252 Å². The first kappa shape index (κ1) is 38.5. The molecule has 0 amide bonds. The van der Waals surface area contributed by atoms with Crippen LogP contribution in [0.2, 0.25) is 0 Å². The maximum absolute atomic E-state index is 6.28. The first-order chi connectivity index (χ1) is 33.2. The van der Waals surface area contributed by atoms with Crippen LogP contribution in [0, 0.1) is 0 Å². The van der Waals surface area contributed by atoms with Crippen molar-refractivity contribution in [1.29, 1.82) is 0 Å². The second kappa shape index (κ2) is 16.0. The van der Waals surface area contributed by atoms with Crippen molar-refractivity contribution < 1.29 is 4.42 Å². The molecule has 0 aliphatic carbocycles. The molecular weight excluding hydrogens is 813 g/mol. The predicted molar refractivity (Wildman–Crippen MR) is 282 cm³/mol. The zero-order valence-corrected chi connectivity index (χ0v) is 36.6. The average molecular weight is 855 g/mol. The number of para-hydroxylation sites is 4. The minimum Gasteiger partial charge on any atom is -0.456 e. The zero-order valence-electron chi connectivity index (χ0n) is 36.6. The summed E-state index contributed by atoms with van der Waals surface area (Å²) in [5, 5.41) is 7.14. The third kappa shape index (κ3) is 6.84. The van der Waals surface area contributed by atoms with Gasteiger partial charge in [-0.05, 0) is 164 Å². The van der Waals surface area contributed by atoms with Crippen molar-refractivity contribution >= 4 is 71.6 Å². The van der Waals surface area contributed by atoms with Gasteiger partial charge in [0.2, 0.25) is 0 Å². The first-order valence-corrected chi connectivity index (χ1v) is 22.9. The molecule has 0 unspecified atom stereocenters. The van der Waals surface area contributed by atoms with E-state index in [9.17, 15) is 0 Å². The second-order valence-corrected chi connectivity index (χ2v) is 17.4.